The summed E-state index contributed by atoms with van der Waals surface area (Å²) in [6, 6.07) is 0. The predicted molar refractivity (Wildman–Crippen MR) is 62.2 cm³/mol. The molecule has 0 radical (unpaired) electrons. The molecule has 0 amide bonds. The summed E-state index contributed by atoms with van der Waals surface area (Å²) in [7, 11) is 0. The first-order chi connectivity index (χ1) is 6.61. The van der Waals surface area contributed by atoms with Gasteiger partial charge in [0, 0.05) is 5.92 Å². The van der Waals surface area contributed by atoms with Crippen LogP contribution in [0.1, 0.15) is 40.0 Å². The molecule has 0 saturated carbocycles. The molecule has 80 valence electrons. The minimum atomic E-state index is 0.151. The fraction of sp³-hybridized carbons (Fsp3) is 0.615. The van der Waals surface area contributed by atoms with Crippen molar-refractivity contribution in [2.24, 2.45) is 11.8 Å². The summed E-state index contributed by atoms with van der Waals surface area (Å²) in [6.45, 7) is 10.0. The van der Waals surface area contributed by atoms with Crippen LogP contribution < -0.4 is 0 Å². The van der Waals surface area contributed by atoms with Crippen molar-refractivity contribution in [2.45, 2.75) is 40.0 Å². The zero-order valence-corrected chi connectivity index (χ0v) is 9.62. The molecule has 0 aromatic carbocycles. The van der Waals surface area contributed by atoms with Crippen molar-refractivity contribution in [3.63, 3.8) is 0 Å². The molecular formula is C13H22O. The lowest BCUT2D eigenvalue weighted by Gasteiger charge is -2.16. The van der Waals surface area contributed by atoms with Gasteiger partial charge in [-0.25, -0.2) is 0 Å². The third-order valence-electron chi connectivity index (χ3n) is 2.52. The Hall–Kier alpha value is -0.850. The van der Waals surface area contributed by atoms with Crippen LogP contribution in [0, 0.1) is 11.8 Å². The Kier molecular flexibility index (Phi) is 7.09. The van der Waals surface area contributed by atoms with E-state index in [1.165, 1.54) is 5.57 Å². The molecule has 1 heteroatoms. The molecule has 0 aliphatic carbocycles. The fourth-order valence-corrected chi connectivity index (χ4v) is 1.46. The van der Waals surface area contributed by atoms with E-state index in [0.717, 1.165) is 25.5 Å². The third-order valence-corrected chi connectivity index (χ3v) is 2.52. The second kappa shape index (κ2) is 7.54. The van der Waals surface area contributed by atoms with E-state index in [2.05, 4.69) is 33.4 Å². The predicted octanol–water partition coefficient (Wildman–Crippen LogP) is 3.76. The molecule has 0 aliphatic heterocycles. The average molecular weight is 194 g/mol. The molecule has 0 aromatic rings. The Morgan fingerprint density at radius 3 is 2.50 bits per heavy atom. The van der Waals surface area contributed by atoms with Gasteiger partial charge in [-0.2, -0.15) is 0 Å². The van der Waals surface area contributed by atoms with E-state index in [-0.39, 0.29) is 5.92 Å². The highest BCUT2D eigenvalue weighted by Crippen LogP contribution is 2.19. The summed E-state index contributed by atoms with van der Waals surface area (Å²) in [5.74, 6) is 0.610. The van der Waals surface area contributed by atoms with Crippen molar-refractivity contribution in [3.05, 3.63) is 24.3 Å². The Morgan fingerprint density at radius 1 is 1.43 bits per heavy atom. The number of carbonyl (C=O) groups excluding carboxylic acids is 1. The summed E-state index contributed by atoms with van der Waals surface area (Å²) in [6.07, 6.45) is 8.09. The quantitative estimate of drug-likeness (QED) is 0.445. The molecule has 14 heavy (non-hydrogen) atoms. The van der Waals surface area contributed by atoms with E-state index in [1.54, 1.807) is 0 Å². The van der Waals surface area contributed by atoms with Crippen LogP contribution in [0.3, 0.4) is 0 Å². The second-order valence-corrected chi connectivity index (χ2v) is 4.16. The van der Waals surface area contributed by atoms with Gasteiger partial charge < -0.3 is 4.79 Å². The molecule has 2 atom stereocenters. The first kappa shape index (κ1) is 13.2. The Morgan fingerprint density at radius 2 is 2.07 bits per heavy atom. The van der Waals surface area contributed by atoms with E-state index in [4.69, 9.17) is 0 Å². The van der Waals surface area contributed by atoms with Crippen molar-refractivity contribution >= 4 is 6.29 Å². The zero-order valence-electron chi connectivity index (χ0n) is 9.62. The summed E-state index contributed by atoms with van der Waals surface area (Å²) >= 11 is 0. The van der Waals surface area contributed by atoms with Crippen LogP contribution in [-0.2, 0) is 4.79 Å². The maximum atomic E-state index is 10.8. The maximum absolute atomic E-state index is 10.8. The van der Waals surface area contributed by atoms with Crippen LogP contribution in [0.5, 0.6) is 0 Å². The molecule has 0 aliphatic rings. The Labute approximate surface area is 87.9 Å². The number of hydrogen-bond donors (Lipinski definition) is 0. The van der Waals surface area contributed by atoms with Crippen LogP contribution in [0.2, 0.25) is 0 Å². The number of hydrogen-bond acceptors (Lipinski definition) is 1. The van der Waals surface area contributed by atoms with E-state index >= 15 is 0 Å². The van der Waals surface area contributed by atoms with Gasteiger partial charge in [0.2, 0.25) is 0 Å². The van der Waals surface area contributed by atoms with Gasteiger partial charge in [-0.1, -0.05) is 24.6 Å². The number of rotatable bonds is 7. The van der Waals surface area contributed by atoms with Crippen molar-refractivity contribution in [1.82, 2.24) is 0 Å². The SMILES string of the molecule is C=CCC(C=O)C(C)CCC=C(C)C. The van der Waals surface area contributed by atoms with Crippen molar-refractivity contribution in [2.75, 3.05) is 0 Å². The number of aldehydes is 1. The first-order valence-corrected chi connectivity index (χ1v) is 5.31. The van der Waals surface area contributed by atoms with Gasteiger partial charge in [0.05, 0.1) is 0 Å². The van der Waals surface area contributed by atoms with Gasteiger partial charge in [-0.15, -0.1) is 6.58 Å². The van der Waals surface area contributed by atoms with Gasteiger partial charge >= 0.3 is 0 Å². The highest BCUT2D eigenvalue weighted by molar-refractivity contribution is 5.54. The third kappa shape index (κ3) is 5.74. The smallest absolute Gasteiger partial charge is 0.123 e. The van der Waals surface area contributed by atoms with Crippen molar-refractivity contribution < 1.29 is 4.79 Å². The second-order valence-electron chi connectivity index (χ2n) is 4.16. The minimum absolute atomic E-state index is 0.151. The van der Waals surface area contributed by atoms with E-state index < -0.39 is 0 Å². The topological polar surface area (TPSA) is 17.1 Å². The van der Waals surface area contributed by atoms with Crippen molar-refractivity contribution in [1.29, 1.82) is 0 Å². The molecule has 0 fully saturated rings. The zero-order chi connectivity index (χ0) is 11.0. The van der Waals surface area contributed by atoms with Gasteiger partial charge in [0.15, 0.2) is 0 Å². The van der Waals surface area contributed by atoms with Crippen molar-refractivity contribution in [3.8, 4) is 0 Å². The van der Waals surface area contributed by atoms with Crippen LogP contribution in [0.4, 0.5) is 0 Å². The Bertz CT molecular complexity index is 199. The van der Waals surface area contributed by atoms with Crippen LogP contribution in [-0.4, -0.2) is 6.29 Å². The van der Waals surface area contributed by atoms with Gasteiger partial charge in [-0.05, 0) is 39.0 Å². The lowest BCUT2D eigenvalue weighted by Crippen LogP contribution is -2.12. The monoisotopic (exact) mass is 194 g/mol. The fourth-order valence-electron chi connectivity index (χ4n) is 1.46. The molecule has 0 bridgehead atoms. The summed E-state index contributed by atoms with van der Waals surface area (Å²) in [5.41, 5.74) is 1.35. The highest BCUT2D eigenvalue weighted by atomic mass is 16.1. The van der Waals surface area contributed by atoms with Crippen LogP contribution in [0.15, 0.2) is 24.3 Å². The Balaban J connectivity index is 3.91. The molecule has 0 heterocycles. The molecule has 1 nitrogen and oxygen atoms in total. The molecule has 0 rings (SSSR count). The normalized spacial score (nSPS) is 14.2. The standard InChI is InChI=1S/C13H22O/c1-5-7-13(10-14)12(4)9-6-8-11(2)3/h5,8,10,12-13H,1,6-7,9H2,2-4H3. The first-order valence-electron chi connectivity index (χ1n) is 5.31. The minimum Gasteiger partial charge on any atom is -0.303 e. The summed E-state index contributed by atoms with van der Waals surface area (Å²) in [4.78, 5) is 10.8. The van der Waals surface area contributed by atoms with E-state index in [0.29, 0.717) is 5.92 Å². The molecular weight excluding hydrogens is 172 g/mol. The molecule has 2 unspecified atom stereocenters. The summed E-state index contributed by atoms with van der Waals surface area (Å²) < 4.78 is 0. The number of carbonyl (C=O) groups is 1. The van der Waals surface area contributed by atoms with Gasteiger partial charge in [0.25, 0.3) is 0 Å². The van der Waals surface area contributed by atoms with Gasteiger partial charge in [0.1, 0.15) is 6.29 Å². The largest absolute Gasteiger partial charge is 0.303 e. The molecule has 0 spiro atoms. The highest BCUT2D eigenvalue weighted by Gasteiger charge is 2.13. The van der Waals surface area contributed by atoms with Crippen LogP contribution >= 0.6 is 0 Å². The van der Waals surface area contributed by atoms with E-state index in [1.807, 2.05) is 6.08 Å². The lowest BCUT2D eigenvalue weighted by atomic mass is 9.88. The van der Waals surface area contributed by atoms with Crippen LogP contribution in [0.25, 0.3) is 0 Å². The summed E-state index contributed by atoms with van der Waals surface area (Å²) in [5, 5.41) is 0. The van der Waals surface area contributed by atoms with Gasteiger partial charge in [-0.3, -0.25) is 0 Å². The average Bonchev–Trinajstić information content (AvgIpc) is 2.13. The molecule has 0 saturated heterocycles. The number of allylic oxidation sites excluding steroid dienone is 3. The molecule has 0 aromatic heterocycles. The molecule has 0 N–H and O–H groups in total. The van der Waals surface area contributed by atoms with E-state index in [9.17, 15) is 4.79 Å². The lowest BCUT2D eigenvalue weighted by molar-refractivity contribution is -0.112. The maximum Gasteiger partial charge on any atom is 0.123 e.